The van der Waals surface area contributed by atoms with Gasteiger partial charge < -0.3 is 31.1 Å². The van der Waals surface area contributed by atoms with Crippen LogP contribution < -0.4 is 5.73 Å². The predicted molar refractivity (Wildman–Crippen MR) is 126 cm³/mol. The van der Waals surface area contributed by atoms with Crippen LogP contribution in [-0.2, 0) is 16.0 Å². The van der Waals surface area contributed by atoms with Gasteiger partial charge in [0.15, 0.2) is 11.4 Å². The zero-order valence-corrected chi connectivity index (χ0v) is 19.8. The number of aliphatic hydroxyl groups excluding tert-OH is 2. The van der Waals surface area contributed by atoms with Gasteiger partial charge in [0, 0.05) is 25.6 Å². The number of carbonyl (C=O) groups is 3. The van der Waals surface area contributed by atoms with Crippen molar-refractivity contribution < 1.29 is 34.8 Å². The maximum atomic E-state index is 13.6. The van der Waals surface area contributed by atoms with Gasteiger partial charge in [-0.25, -0.2) is 4.99 Å². The highest BCUT2D eigenvalue weighted by molar-refractivity contribution is 6.24. The molecule has 4 atom stereocenters. The molecule has 0 fully saturated rings. The molecular weight excluding hydrogens is 456 g/mol. The third-order valence-electron chi connectivity index (χ3n) is 7.01. The van der Waals surface area contributed by atoms with Crippen molar-refractivity contribution in [2.75, 3.05) is 28.2 Å². The lowest BCUT2D eigenvalue weighted by Crippen LogP contribution is -2.63. The van der Waals surface area contributed by atoms with Crippen LogP contribution in [-0.4, -0.2) is 93.9 Å². The van der Waals surface area contributed by atoms with Crippen LogP contribution in [0.1, 0.15) is 22.3 Å². The second-order valence-corrected chi connectivity index (χ2v) is 9.63. The molecule has 0 bridgehead atoms. The lowest BCUT2D eigenvalue weighted by molar-refractivity contribution is -0.148. The number of likely N-dealkylation sites (N-methyl/N-ethyl adjacent to an activating group) is 1. The summed E-state index contributed by atoms with van der Waals surface area (Å²) in [7, 11) is 6.73. The van der Waals surface area contributed by atoms with Crippen molar-refractivity contribution in [3.05, 3.63) is 45.9 Å². The summed E-state index contributed by atoms with van der Waals surface area (Å²) in [6, 6.07) is 1.86. The van der Waals surface area contributed by atoms with Crippen LogP contribution in [0.3, 0.4) is 0 Å². The molecule has 4 rings (SSSR count). The van der Waals surface area contributed by atoms with Gasteiger partial charge in [-0.1, -0.05) is 0 Å². The number of hydrogen-bond acceptors (Lipinski definition) is 9. The number of aromatic hydroxyl groups is 1. The topological polar surface area (TPSA) is 177 Å². The highest BCUT2D eigenvalue weighted by atomic mass is 16.3. The Morgan fingerprint density at radius 2 is 1.83 bits per heavy atom. The van der Waals surface area contributed by atoms with Gasteiger partial charge in [-0.3, -0.25) is 19.3 Å². The van der Waals surface area contributed by atoms with E-state index in [4.69, 9.17) is 5.73 Å². The first-order valence-electron chi connectivity index (χ1n) is 11.0. The predicted octanol–water partition coefficient (Wildman–Crippen LogP) is 0.342. The molecule has 0 radical (unpaired) electrons. The molecule has 6 N–H and O–H groups in total. The third kappa shape index (κ3) is 3.41. The molecule has 3 aliphatic rings. The maximum Gasteiger partial charge on any atom is 0.255 e. The summed E-state index contributed by atoms with van der Waals surface area (Å²) < 4.78 is 0. The van der Waals surface area contributed by atoms with Gasteiger partial charge in [0.2, 0.25) is 5.78 Å². The van der Waals surface area contributed by atoms with Gasteiger partial charge in [-0.2, -0.15) is 0 Å². The number of rotatable bonds is 4. The summed E-state index contributed by atoms with van der Waals surface area (Å²) in [4.78, 5) is 46.4. The molecule has 1 aromatic carbocycles. The van der Waals surface area contributed by atoms with E-state index in [0.29, 0.717) is 11.3 Å². The van der Waals surface area contributed by atoms with Gasteiger partial charge in [0.25, 0.3) is 5.91 Å². The third-order valence-corrected chi connectivity index (χ3v) is 7.01. The number of primary amides is 1. The Labute approximate surface area is 201 Å². The quantitative estimate of drug-likeness (QED) is 0.229. The van der Waals surface area contributed by atoms with Gasteiger partial charge in [-0.05, 0) is 50.6 Å². The van der Waals surface area contributed by atoms with E-state index in [-0.39, 0.29) is 29.7 Å². The number of hydrogen-bond donors (Lipinski definition) is 5. The molecule has 0 saturated heterocycles. The monoisotopic (exact) mass is 484 g/mol. The van der Waals surface area contributed by atoms with Crippen molar-refractivity contribution in [2.24, 2.45) is 22.6 Å². The first-order valence-corrected chi connectivity index (χ1v) is 11.0. The molecule has 0 saturated carbocycles. The number of amides is 1. The molecule has 0 spiro atoms. The largest absolute Gasteiger partial charge is 0.510 e. The summed E-state index contributed by atoms with van der Waals surface area (Å²) in [5, 5.41) is 44.1. The Morgan fingerprint density at radius 3 is 2.40 bits per heavy atom. The number of phenols is 1. The second-order valence-electron chi connectivity index (χ2n) is 9.63. The molecule has 0 heterocycles. The van der Waals surface area contributed by atoms with Crippen LogP contribution >= 0.6 is 0 Å². The van der Waals surface area contributed by atoms with E-state index in [0.717, 1.165) is 0 Å². The number of Topliss-reactive ketones (excluding diaryl/α,β-unsaturated/α-hetero) is 2. The standard InChI is InChI=1S/C24H28N4O7/c1-27(2)9-26-13-5-6-14(29)16-11(13)7-10-8-12-18(28(3)4)20(31)17(23(25)34)22(33)24(12,35)21(32)15(10)19(16)30/h5-6,9-10,12,18,29,31-32,35H,7-8H2,1-4H3,(H2,25,34)/b26-9+/t10-,12+,18-,24+/m1/s1. The molecular formula is C24H28N4O7. The Balaban J connectivity index is 1.94. The van der Waals surface area contributed by atoms with Gasteiger partial charge in [-0.15, -0.1) is 0 Å². The van der Waals surface area contributed by atoms with Gasteiger partial charge in [0.05, 0.1) is 23.6 Å². The van der Waals surface area contributed by atoms with Gasteiger partial charge in [0.1, 0.15) is 22.8 Å². The van der Waals surface area contributed by atoms with E-state index in [9.17, 15) is 34.8 Å². The minimum atomic E-state index is -2.65. The van der Waals surface area contributed by atoms with Crippen LogP contribution in [0.15, 0.2) is 39.8 Å². The summed E-state index contributed by atoms with van der Waals surface area (Å²) in [5.41, 5.74) is 2.50. The molecule has 1 aromatic rings. The molecule has 3 aliphatic carbocycles. The molecule has 0 aliphatic heterocycles. The smallest absolute Gasteiger partial charge is 0.255 e. The Morgan fingerprint density at radius 1 is 1.17 bits per heavy atom. The number of ketones is 2. The number of allylic oxidation sites excluding steroid dienone is 1. The first kappa shape index (κ1) is 24.4. The highest BCUT2D eigenvalue weighted by Gasteiger charge is 2.63. The number of benzene rings is 1. The Hall–Kier alpha value is -3.70. The van der Waals surface area contributed by atoms with Crippen molar-refractivity contribution >= 4 is 29.5 Å². The number of aliphatic hydroxyl groups is 3. The first-order chi connectivity index (χ1) is 16.3. The number of aliphatic imine (C=N–C) groups is 1. The summed E-state index contributed by atoms with van der Waals surface area (Å²) >= 11 is 0. The van der Waals surface area contributed by atoms with E-state index in [1.165, 1.54) is 11.0 Å². The van der Waals surface area contributed by atoms with Crippen molar-refractivity contribution in [2.45, 2.75) is 24.5 Å². The summed E-state index contributed by atoms with van der Waals surface area (Å²) in [6.07, 6.45) is 1.76. The number of carbonyl (C=O) groups excluding carboxylic acids is 3. The fourth-order valence-corrected chi connectivity index (χ4v) is 5.53. The number of fused-ring (bicyclic) bond motifs is 3. The minimum absolute atomic E-state index is 0.0260. The molecule has 0 aromatic heterocycles. The molecule has 11 heteroatoms. The average molecular weight is 485 g/mol. The number of nitrogens with two attached hydrogens (primary N) is 1. The fraction of sp³-hybridized carbons (Fsp3) is 0.417. The second kappa shape index (κ2) is 8.21. The van der Waals surface area contributed by atoms with Crippen LogP contribution in [0.2, 0.25) is 0 Å². The van der Waals surface area contributed by atoms with Crippen molar-refractivity contribution in [3.8, 4) is 5.75 Å². The summed E-state index contributed by atoms with van der Waals surface area (Å²) in [6.45, 7) is 0. The zero-order valence-electron chi connectivity index (χ0n) is 19.8. The minimum Gasteiger partial charge on any atom is -0.510 e. The SMILES string of the molecule is CN(C)/C=N/c1ccc(O)c2c1C[C@@H]1C[C@H]3[C@@H](N(C)C)C(O)=C(C(N)=O)C(=O)[C@@]3(O)C(O)=C1C2=O. The van der Waals surface area contributed by atoms with Crippen LogP contribution in [0.4, 0.5) is 5.69 Å². The van der Waals surface area contributed by atoms with E-state index in [1.807, 2.05) is 0 Å². The van der Waals surface area contributed by atoms with Crippen molar-refractivity contribution in [1.82, 2.24) is 9.80 Å². The van der Waals surface area contributed by atoms with Crippen LogP contribution in [0, 0.1) is 11.8 Å². The zero-order chi connectivity index (χ0) is 26.0. The van der Waals surface area contributed by atoms with E-state index in [1.54, 1.807) is 45.5 Å². The number of nitrogens with zero attached hydrogens (tertiary/aromatic N) is 3. The lowest BCUT2D eigenvalue weighted by atomic mass is 9.58. The Bertz CT molecular complexity index is 1250. The average Bonchev–Trinajstić information content (AvgIpc) is 2.75. The molecule has 186 valence electrons. The Kier molecular flexibility index (Phi) is 5.73. The molecule has 1 amide bonds. The van der Waals surface area contributed by atoms with Crippen LogP contribution in [0.5, 0.6) is 5.75 Å². The van der Waals surface area contributed by atoms with Crippen LogP contribution in [0.25, 0.3) is 0 Å². The lowest BCUT2D eigenvalue weighted by Gasteiger charge is -2.50. The fourth-order valence-electron chi connectivity index (χ4n) is 5.53. The maximum absolute atomic E-state index is 13.6. The van der Waals surface area contributed by atoms with E-state index in [2.05, 4.69) is 4.99 Å². The highest BCUT2D eigenvalue weighted by Crippen LogP contribution is 2.53. The summed E-state index contributed by atoms with van der Waals surface area (Å²) in [5.74, 6) is -6.79. The van der Waals surface area contributed by atoms with Crippen molar-refractivity contribution in [1.29, 1.82) is 0 Å². The van der Waals surface area contributed by atoms with Crippen molar-refractivity contribution in [3.63, 3.8) is 0 Å². The number of phenolic OH excluding ortho intramolecular Hbond substituents is 1. The van der Waals surface area contributed by atoms with Gasteiger partial charge >= 0.3 is 0 Å². The van der Waals surface area contributed by atoms with E-state index < -0.39 is 58.0 Å². The molecule has 35 heavy (non-hydrogen) atoms. The normalized spacial score (nSPS) is 28.3. The molecule has 11 nitrogen and oxygen atoms in total. The molecule has 0 unspecified atom stereocenters. The van der Waals surface area contributed by atoms with E-state index >= 15 is 0 Å².